The van der Waals surface area contributed by atoms with Gasteiger partial charge < -0.3 is 29.7 Å². The minimum Gasteiger partial charge on any atom is -0.458 e. The fraction of sp³-hybridized carbons (Fsp3) is 0.500. The van der Waals surface area contributed by atoms with Crippen molar-refractivity contribution in [3.05, 3.63) is 61.7 Å². The molecule has 2 amide bonds. The number of hydrogen-bond acceptors (Lipinski definition) is 8. The summed E-state index contributed by atoms with van der Waals surface area (Å²) in [4.78, 5) is 59.3. The number of amides is 2. The predicted octanol–water partition coefficient (Wildman–Crippen LogP) is 2.89. The van der Waals surface area contributed by atoms with Crippen LogP contribution in [-0.2, 0) is 44.3 Å². The number of pyridine rings is 2. The number of aromatic nitrogens is 2. The topological polar surface area (TPSA) is 151 Å². The SMILES string of the molecule is CC[C@@]1(O)C(=O)OCc2c1cc1n(c2=O)Cc2c-1nc1cc(F)c(C)c3c1c2C(NC(=O)CN(CC(C)O)C(=O)C(C)(C)C)CC3. The highest BCUT2D eigenvalue weighted by Gasteiger charge is 2.46. The molecule has 0 saturated heterocycles. The summed E-state index contributed by atoms with van der Waals surface area (Å²) in [5.41, 5.74) is 1.02. The molecule has 0 bridgehead atoms. The van der Waals surface area contributed by atoms with Crippen LogP contribution < -0.4 is 10.9 Å². The minimum absolute atomic E-state index is 0.00324. The number of fused-ring (bicyclic) bond motifs is 5. The van der Waals surface area contributed by atoms with Crippen LogP contribution in [0.15, 0.2) is 16.9 Å². The molecule has 3 aromatic rings. The summed E-state index contributed by atoms with van der Waals surface area (Å²) in [5, 5.41) is 25.1. The molecule has 6 rings (SSSR count). The number of carbonyl (C=O) groups is 3. The third-order valence-corrected chi connectivity index (χ3v) is 9.46. The Kier molecular flexibility index (Phi) is 7.59. The Bertz CT molecular complexity index is 1890. The molecule has 3 atom stereocenters. The van der Waals surface area contributed by atoms with Crippen molar-refractivity contribution in [1.82, 2.24) is 19.8 Å². The van der Waals surface area contributed by atoms with Gasteiger partial charge in [-0.05, 0) is 55.9 Å². The molecule has 2 unspecified atom stereocenters. The Morgan fingerprint density at radius 3 is 2.61 bits per heavy atom. The van der Waals surface area contributed by atoms with Crippen molar-refractivity contribution < 1.29 is 33.7 Å². The van der Waals surface area contributed by atoms with Crippen molar-refractivity contribution in [3.63, 3.8) is 0 Å². The molecule has 4 heterocycles. The van der Waals surface area contributed by atoms with Gasteiger partial charge in [-0.15, -0.1) is 0 Å². The van der Waals surface area contributed by atoms with E-state index in [2.05, 4.69) is 5.32 Å². The molecule has 2 aromatic heterocycles. The summed E-state index contributed by atoms with van der Waals surface area (Å²) in [6.07, 6.45) is 0.0746. The first kappa shape index (κ1) is 31.8. The van der Waals surface area contributed by atoms with Gasteiger partial charge in [0.05, 0.1) is 47.7 Å². The lowest BCUT2D eigenvalue weighted by Gasteiger charge is -2.32. The molecule has 12 heteroatoms. The third-order valence-electron chi connectivity index (χ3n) is 9.46. The van der Waals surface area contributed by atoms with Gasteiger partial charge in [0.25, 0.3) is 5.56 Å². The van der Waals surface area contributed by atoms with Crippen LogP contribution in [0.4, 0.5) is 4.39 Å². The standard InChI is InChI=1S/C34H39FN4O7/c1-7-34(45)21-10-25-29-19(13-39(25)30(42)20(21)15-46-32(34)44)28-23(9-8-18-17(3)22(35)11-24(37-29)27(18)28)36-26(41)14-38(12-16(2)40)31(43)33(4,5)6/h10-11,16,23,40,45H,7-9,12-15H2,1-6H3,(H,36,41)/t16?,23?,34-/m0/s1. The molecule has 2 aliphatic heterocycles. The molecule has 0 radical (unpaired) electrons. The van der Waals surface area contributed by atoms with Gasteiger partial charge in [0.1, 0.15) is 12.4 Å². The first-order chi connectivity index (χ1) is 21.6. The lowest BCUT2D eigenvalue weighted by molar-refractivity contribution is -0.172. The van der Waals surface area contributed by atoms with Gasteiger partial charge in [0, 0.05) is 34.5 Å². The summed E-state index contributed by atoms with van der Waals surface area (Å²) in [5.74, 6) is -1.94. The number of halogens is 1. The third kappa shape index (κ3) is 4.89. The summed E-state index contributed by atoms with van der Waals surface area (Å²) in [6, 6.07) is 2.42. The van der Waals surface area contributed by atoms with Gasteiger partial charge in [0.2, 0.25) is 11.8 Å². The fourth-order valence-electron chi connectivity index (χ4n) is 7.12. The highest BCUT2D eigenvalue weighted by Crippen LogP contribution is 2.46. The van der Waals surface area contributed by atoms with Crippen LogP contribution in [0.25, 0.3) is 22.3 Å². The number of nitrogens with one attached hydrogen (secondary N) is 1. The monoisotopic (exact) mass is 634 g/mol. The number of ether oxygens (including phenoxy) is 1. The van der Waals surface area contributed by atoms with Gasteiger partial charge in [0.15, 0.2) is 5.60 Å². The summed E-state index contributed by atoms with van der Waals surface area (Å²) >= 11 is 0. The number of benzene rings is 1. The van der Waals surface area contributed by atoms with Crippen molar-refractivity contribution in [2.75, 3.05) is 13.1 Å². The van der Waals surface area contributed by atoms with E-state index in [1.807, 2.05) is 0 Å². The number of aryl methyl sites for hydroxylation is 1. The van der Waals surface area contributed by atoms with E-state index >= 15 is 4.39 Å². The van der Waals surface area contributed by atoms with E-state index in [4.69, 9.17) is 9.72 Å². The Hall–Kier alpha value is -4.16. The molecule has 0 spiro atoms. The van der Waals surface area contributed by atoms with E-state index in [-0.39, 0.29) is 49.7 Å². The predicted molar refractivity (Wildman–Crippen MR) is 166 cm³/mol. The normalized spacial score (nSPS) is 20.5. The quantitative estimate of drug-likeness (QED) is 0.274. The highest BCUT2D eigenvalue weighted by molar-refractivity contribution is 5.94. The number of hydrogen-bond donors (Lipinski definition) is 3. The van der Waals surface area contributed by atoms with E-state index in [1.54, 1.807) is 47.6 Å². The number of esters is 1. The Balaban J connectivity index is 1.48. The van der Waals surface area contributed by atoms with Gasteiger partial charge in [-0.3, -0.25) is 14.4 Å². The number of rotatable bonds is 6. The number of carbonyl (C=O) groups excluding carboxylic acids is 3. The molecule has 1 aromatic carbocycles. The van der Waals surface area contributed by atoms with Crippen LogP contribution in [0.5, 0.6) is 0 Å². The molecule has 244 valence electrons. The largest absolute Gasteiger partial charge is 0.458 e. The van der Waals surface area contributed by atoms with Crippen molar-refractivity contribution in [2.24, 2.45) is 5.41 Å². The van der Waals surface area contributed by atoms with Gasteiger partial charge in [-0.25, -0.2) is 14.2 Å². The maximum absolute atomic E-state index is 15.2. The number of nitrogens with zero attached hydrogens (tertiary/aromatic N) is 3. The second kappa shape index (κ2) is 11.0. The molecule has 1 aliphatic carbocycles. The second-order valence-electron chi connectivity index (χ2n) is 13.8. The fourth-order valence-corrected chi connectivity index (χ4v) is 7.12. The molecule has 46 heavy (non-hydrogen) atoms. The molecule has 0 fully saturated rings. The average Bonchev–Trinajstić information content (AvgIpc) is 3.35. The molecule has 0 saturated carbocycles. The van der Waals surface area contributed by atoms with Crippen LogP contribution in [0, 0.1) is 18.2 Å². The van der Waals surface area contributed by atoms with Crippen LogP contribution in [0.1, 0.15) is 86.9 Å². The lowest BCUT2D eigenvalue weighted by Crippen LogP contribution is -2.48. The van der Waals surface area contributed by atoms with Gasteiger partial charge >= 0.3 is 5.97 Å². The van der Waals surface area contributed by atoms with Crippen LogP contribution in [-0.4, -0.2) is 61.6 Å². The van der Waals surface area contributed by atoms with Gasteiger partial charge in [-0.2, -0.15) is 0 Å². The lowest BCUT2D eigenvalue weighted by atomic mass is 9.81. The number of aliphatic hydroxyl groups is 2. The van der Waals surface area contributed by atoms with Crippen LogP contribution >= 0.6 is 0 Å². The summed E-state index contributed by atoms with van der Waals surface area (Å²) in [6.45, 7) is 9.72. The first-order valence-corrected chi connectivity index (χ1v) is 15.6. The zero-order valence-corrected chi connectivity index (χ0v) is 26.9. The molecule has 3 N–H and O–H groups in total. The maximum Gasteiger partial charge on any atom is 0.343 e. The zero-order chi connectivity index (χ0) is 33.5. The van der Waals surface area contributed by atoms with Crippen molar-refractivity contribution in [2.45, 2.75) is 91.7 Å². The average molecular weight is 635 g/mol. The minimum atomic E-state index is -1.99. The smallest absolute Gasteiger partial charge is 0.343 e. The van der Waals surface area contributed by atoms with E-state index in [0.717, 1.165) is 16.5 Å². The Morgan fingerprint density at radius 2 is 1.96 bits per heavy atom. The Morgan fingerprint density at radius 1 is 1.24 bits per heavy atom. The Labute approximate surface area is 265 Å². The summed E-state index contributed by atoms with van der Waals surface area (Å²) < 4.78 is 21.9. The van der Waals surface area contributed by atoms with E-state index in [0.29, 0.717) is 40.9 Å². The second-order valence-corrected chi connectivity index (χ2v) is 13.8. The van der Waals surface area contributed by atoms with Crippen molar-refractivity contribution in [1.29, 1.82) is 0 Å². The highest BCUT2D eigenvalue weighted by atomic mass is 19.1. The van der Waals surface area contributed by atoms with E-state index in [9.17, 15) is 29.4 Å². The van der Waals surface area contributed by atoms with Gasteiger partial charge in [-0.1, -0.05) is 27.7 Å². The number of cyclic esters (lactones) is 1. The maximum atomic E-state index is 15.2. The zero-order valence-electron chi connectivity index (χ0n) is 26.9. The van der Waals surface area contributed by atoms with Crippen molar-refractivity contribution >= 4 is 28.7 Å². The molecular weight excluding hydrogens is 595 g/mol. The van der Waals surface area contributed by atoms with Crippen molar-refractivity contribution in [3.8, 4) is 11.4 Å². The molecule has 11 nitrogen and oxygen atoms in total. The number of aliphatic hydroxyl groups excluding tert-OH is 1. The molecular formula is C34H39FN4O7. The van der Waals surface area contributed by atoms with Crippen LogP contribution in [0.2, 0.25) is 0 Å². The summed E-state index contributed by atoms with van der Waals surface area (Å²) in [7, 11) is 0. The van der Waals surface area contributed by atoms with Crippen LogP contribution in [0.3, 0.4) is 0 Å². The van der Waals surface area contributed by atoms with E-state index < -0.39 is 46.4 Å². The molecule has 3 aliphatic rings. The first-order valence-electron chi connectivity index (χ1n) is 15.6. The van der Waals surface area contributed by atoms with E-state index in [1.165, 1.54) is 15.5 Å².